The molecule has 0 N–H and O–H groups in total. The Labute approximate surface area is 89.3 Å². The summed E-state index contributed by atoms with van der Waals surface area (Å²) in [6.07, 6.45) is 3.92. The topological polar surface area (TPSA) is 17.1 Å². The summed E-state index contributed by atoms with van der Waals surface area (Å²) in [6.45, 7) is -0.266. The molecule has 0 saturated heterocycles. The molecule has 0 aliphatic heterocycles. The van der Waals surface area contributed by atoms with E-state index in [1.54, 1.807) is 0 Å². The summed E-state index contributed by atoms with van der Waals surface area (Å²) < 4.78 is 12.8. The van der Waals surface area contributed by atoms with Crippen LogP contribution in [0.4, 0.5) is 4.39 Å². The molecule has 1 aliphatic carbocycles. The molecule has 2 heteroatoms. The number of benzene rings is 1. The molecule has 1 aromatic carbocycles. The van der Waals surface area contributed by atoms with Gasteiger partial charge in [-0.05, 0) is 30.2 Å². The highest BCUT2D eigenvalue weighted by atomic mass is 19.1. The van der Waals surface area contributed by atoms with E-state index in [2.05, 4.69) is 0 Å². The van der Waals surface area contributed by atoms with Crippen LogP contribution in [0, 0.1) is 5.92 Å². The number of hydrogen-bond acceptors (Lipinski definition) is 1. The van der Waals surface area contributed by atoms with Gasteiger partial charge in [0.05, 0.1) is 6.67 Å². The molecule has 15 heavy (non-hydrogen) atoms. The average Bonchev–Trinajstić information content (AvgIpc) is 2.76. The number of aldehydes is 1. The molecule has 0 bridgehead atoms. The number of alkyl halides is 1. The first-order valence-electron chi connectivity index (χ1n) is 5.47. The van der Waals surface area contributed by atoms with Crippen molar-refractivity contribution in [2.75, 3.05) is 6.67 Å². The summed E-state index contributed by atoms with van der Waals surface area (Å²) in [5.41, 5.74) is 1.76. The third kappa shape index (κ3) is 1.94. The highest BCUT2D eigenvalue weighted by Crippen LogP contribution is 2.40. The predicted molar refractivity (Wildman–Crippen MR) is 57.9 cm³/mol. The zero-order valence-electron chi connectivity index (χ0n) is 8.66. The quantitative estimate of drug-likeness (QED) is 0.693. The van der Waals surface area contributed by atoms with E-state index in [4.69, 9.17) is 0 Å². The molecule has 0 aromatic heterocycles. The molecular weight excluding hydrogens is 191 g/mol. The van der Waals surface area contributed by atoms with E-state index in [1.807, 2.05) is 24.3 Å². The first-order chi connectivity index (χ1) is 7.36. The molecule has 1 nitrogen and oxygen atoms in total. The van der Waals surface area contributed by atoms with Crippen molar-refractivity contribution in [3.05, 3.63) is 35.4 Å². The Morgan fingerprint density at radius 1 is 1.33 bits per heavy atom. The van der Waals surface area contributed by atoms with Gasteiger partial charge in [0.1, 0.15) is 6.29 Å². The molecule has 80 valence electrons. The fourth-order valence-corrected chi connectivity index (χ4v) is 2.59. The van der Waals surface area contributed by atoms with Gasteiger partial charge in [-0.2, -0.15) is 0 Å². The lowest BCUT2D eigenvalue weighted by atomic mass is 9.87. The maximum absolute atomic E-state index is 12.8. The molecule has 1 aromatic rings. The summed E-state index contributed by atoms with van der Waals surface area (Å²) in [6, 6.07) is 7.56. The number of carbonyl (C=O) groups excluding carboxylic acids is 1. The van der Waals surface area contributed by atoms with Crippen molar-refractivity contribution in [2.24, 2.45) is 5.92 Å². The van der Waals surface area contributed by atoms with Crippen LogP contribution in [-0.2, 0) is 0 Å². The van der Waals surface area contributed by atoms with Crippen LogP contribution in [0.5, 0.6) is 0 Å². The Morgan fingerprint density at radius 3 is 2.87 bits per heavy atom. The van der Waals surface area contributed by atoms with Crippen LogP contribution in [0.15, 0.2) is 24.3 Å². The van der Waals surface area contributed by atoms with E-state index in [0.29, 0.717) is 0 Å². The van der Waals surface area contributed by atoms with Crippen LogP contribution in [0.3, 0.4) is 0 Å². The largest absolute Gasteiger partial charge is 0.298 e. The van der Waals surface area contributed by atoms with Crippen LogP contribution >= 0.6 is 0 Å². The minimum atomic E-state index is -0.266. The van der Waals surface area contributed by atoms with Crippen molar-refractivity contribution in [3.8, 4) is 0 Å². The molecular formula is C13H15FO. The second-order valence-corrected chi connectivity index (χ2v) is 4.20. The standard InChI is InChI=1S/C13H15FO/c14-8-10-5-3-7-12(10)13-6-2-1-4-11(13)9-15/h1-2,4,6,9-10,12H,3,5,7-8H2. The van der Waals surface area contributed by atoms with Gasteiger partial charge < -0.3 is 0 Å². The Balaban J connectivity index is 2.31. The normalized spacial score (nSPS) is 25.4. The van der Waals surface area contributed by atoms with Gasteiger partial charge in [0.2, 0.25) is 0 Å². The van der Waals surface area contributed by atoms with E-state index in [1.165, 1.54) is 0 Å². The summed E-state index contributed by atoms with van der Waals surface area (Å²) in [5, 5.41) is 0. The van der Waals surface area contributed by atoms with Crippen LogP contribution < -0.4 is 0 Å². The maximum Gasteiger partial charge on any atom is 0.150 e. The number of halogens is 1. The van der Waals surface area contributed by atoms with Gasteiger partial charge in [-0.1, -0.05) is 30.7 Å². The summed E-state index contributed by atoms with van der Waals surface area (Å²) in [5.74, 6) is 0.363. The van der Waals surface area contributed by atoms with Gasteiger partial charge in [-0.25, -0.2) is 0 Å². The van der Waals surface area contributed by atoms with E-state index >= 15 is 0 Å². The van der Waals surface area contributed by atoms with E-state index in [9.17, 15) is 9.18 Å². The van der Waals surface area contributed by atoms with Crippen molar-refractivity contribution in [1.29, 1.82) is 0 Å². The Hall–Kier alpha value is -1.18. The highest BCUT2D eigenvalue weighted by Gasteiger charge is 2.29. The lowest BCUT2D eigenvalue weighted by Gasteiger charge is -2.18. The second kappa shape index (κ2) is 4.56. The van der Waals surface area contributed by atoms with Gasteiger partial charge >= 0.3 is 0 Å². The van der Waals surface area contributed by atoms with Gasteiger partial charge in [-0.15, -0.1) is 0 Å². The molecule has 2 rings (SSSR count). The lowest BCUT2D eigenvalue weighted by Crippen LogP contribution is -2.10. The molecule has 0 spiro atoms. The minimum Gasteiger partial charge on any atom is -0.298 e. The first kappa shape index (κ1) is 10.3. The van der Waals surface area contributed by atoms with Crippen molar-refractivity contribution in [3.63, 3.8) is 0 Å². The average molecular weight is 206 g/mol. The molecule has 0 heterocycles. The van der Waals surface area contributed by atoms with Crippen LogP contribution in [0.1, 0.15) is 41.1 Å². The van der Waals surface area contributed by atoms with E-state index < -0.39 is 0 Å². The SMILES string of the molecule is O=Cc1ccccc1C1CCCC1CF. The van der Waals surface area contributed by atoms with E-state index in [-0.39, 0.29) is 18.5 Å². The Bertz CT molecular complexity index is 348. The third-order valence-electron chi connectivity index (χ3n) is 3.38. The molecule has 2 atom stereocenters. The highest BCUT2D eigenvalue weighted by molar-refractivity contribution is 5.77. The first-order valence-corrected chi connectivity index (χ1v) is 5.47. The fraction of sp³-hybridized carbons (Fsp3) is 0.462. The smallest absolute Gasteiger partial charge is 0.150 e. The number of rotatable bonds is 3. The molecule has 2 unspecified atom stereocenters. The molecule has 1 aliphatic rings. The Kier molecular flexibility index (Phi) is 3.14. The lowest BCUT2D eigenvalue weighted by molar-refractivity contribution is 0.112. The zero-order valence-corrected chi connectivity index (χ0v) is 8.66. The van der Waals surface area contributed by atoms with Gasteiger partial charge in [0.25, 0.3) is 0 Å². The van der Waals surface area contributed by atoms with Crippen molar-refractivity contribution in [2.45, 2.75) is 25.2 Å². The van der Waals surface area contributed by atoms with Crippen LogP contribution in [-0.4, -0.2) is 13.0 Å². The van der Waals surface area contributed by atoms with Crippen molar-refractivity contribution in [1.82, 2.24) is 0 Å². The molecule has 1 fully saturated rings. The van der Waals surface area contributed by atoms with Crippen LogP contribution in [0.25, 0.3) is 0 Å². The molecule has 1 saturated carbocycles. The second-order valence-electron chi connectivity index (χ2n) is 4.20. The summed E-state index contributed by atoms with van der Waals surface area (Å²) >= 11 is 0. The van der Waals surface area contributed by atoms with Crippen molar-refractivity contribution >= 4 is 6.29 Å². The van der Waals surface area contributed by atoms with Gasteiger partial charge in [0.15, 0.2) is 0 Å². The minimum absolute atomic E-state index is 0.117. The molecule has 0 amide bonds. The molecule has 0 radical (unpaired) electrons. The monoisotopic (exact) mass is 206 g/mol. The third-order valence-corrected chi connectivity index (χ3v) is 3.38. The fourth-order valence-electron chi connectivity index (χ4n) is 2.59. The summed E-state index contributed by atoms with van der Waals surface area (Å²) in [4.78, 5) is 10.9. The zero-order chi connectivity index (χ0) is 10.7. The van der Waals surface area contributed by atoms with Crippen molar-refractivity contribution < 1.29 is 9.18 Å². The number of hydrogen-bond donors (Lipinski definition) is 0. The van der Waals surface area contributed by atoms with Crippen LogP contribution in [0.2, 0.25) is 0 Å². The summed E-state index contributed by atoms with van der Waals surface area (Å²) in [7, 11) is 0. The Morgan fingerprint density at radius 2 is 2.13 bits per heavy atom. The van der Waals surface area contributed by atoms with Gasteiger partial charge in [0, 0.05) is 5.56 Å². The van der Waals surface area contributed by atoms with Gasteiger partial charge in [-0.3, -0.25) is 9.18 Å². The maximum atomic E-state index is 12.8. The predicted octanol–water partition coefficient (Wildman–Crippen LogP) is 3.35. The van der Waals surface area contributed by atoms with E-state index in [0.717, 1.165) is 36.7 Å². The number of carbonyl (C=O) groups is 1.